The molecule has 0 aliphatic rings. The van der Waals surface area contributed by atoms with Crippen LogP contribution in [-0.2, 0) is 6.54 Å². The minimum atomic E-state index is -0.902. The first-order valence-electron chi connectivity index (χ1n) is 7.61. The summed E-state index contributed by atoms with van der Waals surface area (Å²) in [6, 6.07) is 15.2. The second kappa shape index (κ2) is 6.16. The van der Waals surface area contributed by atoms with Crippen molar-refractivity contribution in [3.63, 3.8) is 0 Å². The molecule has 0 aliphatic heterocycles. The molecule has 0 saturated carbocycles. The molecule has 0 bridgehead atoms. The molecule has 2 aromatic carbocycles. The molecular weight excluding hydrogens is 290 g/mol. The molecule has 0 unspecified atom stereocenters. The Kier molecular flexibility index (Phi) is 4.06. The van der Waals surface area contributed by atoms with Crippen molar-refractivity contribution in [2.24, 2.45) is 0 Å². The van der Waals surface area contributed by atoms with E-state index in [0.29, 0.717) is 5.56 Å². The van der Waals surface area contributed by atoms with Gasteiger partial charge in [-0.1, -0.05) is 12.1 Å². The lowest BCUT2D eigenvalue weighted by molar-refractivity contribution is 0.0697. The zero-order chi connectivity index (χ0) is 16.4. The van der Waals surface area contributed by atoms with Gasteiger partial charge in [0.05, 0.1) is 11.7 Å². The number of fused-ring (bicyclic) bond motifs is 1. The molecule has 0 saturated heterocycles. The summed E-state index contributed by atoms with van der Waals surface area (Å²) in [5, 5.41) is 9.99. The highest BCUT2D eigenvalue weighted by atomic mass is 16.5. The van der Waals surface area contributed by atoms with Gasteiger partial charge >= 0.3 is 5.97 Å². The van der Waals surface area contributed by atoms with Crippen LogP contribution in [0.5, 0.6) is 5.75 Å². The minimum Gasteiger partial charge on any atom is -0.491 e. The van der Waals surface area contributed by atoms with E-state index in [2.05, 4.69) is 16.7 Å². The van der Waals surface area contributed by atoms with Crippen molar-refractivity contribution >= 4 is 16.9 Å². The van der Waals surface area contributed by atoms with Gasteiger partial charge in [-0.05, 0) is 55.8 Å². The molecule has 0 fully saturated rings. The minimum absolute atomic E-state index is 0.165. The molecule has 0 radical (unpaired) electrons. The van der Waals surface area contributed by atoms with E-state index in [0.717, 1.165) is 23.2 Å². The van der Waals surface area contributed by atoms with Gasteiger partial charge in [-0.3, -0.25) is 0 Å². The summed E-state index contributed by atoms with van der Waals surface area (Å²) in [5.74, 6) is -0.0346. The molecule has 1 heterocycles. The zero-order valence-corrected chi connectivity index (χ0v) is 13.2. The van der Waals surface area contributed by atoms with Gasteiger partial charge in [0.1, 0.15) is 5.75 Å². The molecule has 1 aromatic heterocycles. The first-order chi connectivity index (χ1) is 11.0. The number of aromatic nitrogens is 1. The van der Waals surface area contributed by atoms with Crippen molar-refractivity contribution in [2.45, 2.75) is 26.5 Å². The molecule has 1 N–H and O–H groups in total. The number of carboxylic acids is 1. The van der Waals surface area contributed by atoms with Gasteiger partial charge in [0, 0.05) is 23.6 Å². The van der Waals surface area contributed by atoms with E-state index in [4.69, 9.17) is 9.84 Å². The summed E-state index contributed by atoms with van der Waals surface area (Å²) in [6.45, 7) is 4.74. The largest absolute Gasteiger partial charge is 0.491 e. The SMILES string of the molecule is CC(C)Oc1ccc(Cn2ccc3cc(C(=O)O)ccc32)cc1. The summed E-state index contributed by atoms with van der Waals surface area (Å²) < 4.78 is 7.76. The summed E-state index contributed by atoms with van der Waals surface area (Å²) in [4.78, 5) is 11.0. The van der Waals surface area contributed by atoms with Gasteiger partial charge < -0.3 is 14.4 Å². The Morgan fingerprint density at radius 3 is 2.52 bits per heavy atom. The van der Waals surface area contributed by atoms with Crippen LogP contribution in [0.15, 0.2) is 54.7 Å². The summed E-state index contributed by atoms with van der Waals surface area (Å²) in [7, 11) is 0. The Labute approximate surface area is 134 Å². The number of aromatic carboxylic acids is 1. The van der Waals surface area contributed by atoms with Gasteiger partial charge in [-0.25, -0.2) is 4.79 Å². The molecular formula is C19H19NO3. The summed E-state index contributed by atoms with van der Waals surface area (Å²) >= 11 is 0. The molecule has 0 atom stereocenters. The van der Waals surface area contributed by atoms with Crippen LogP contribution < -0.4 is 4.74 Å². The standard InChI is InChI=1S/C19H19NO3/c1-13(2)23-17-6-3-14(4-7-17)12-20-10-9-15-11-16(19(21)22)5-8-18(15)20/h3-11,13H,12H2,1-2H3,(H,21,22). The maximum Gasteiger partial charge on any atom is 0.335 e. The number of carbonyl (C=O) groups is 1. The smallest absolute Gasteiger partial charge is 0.335 e. The van der Waals surface area contributed by atoms with E-state index < -0.39 is 5.97 Å². The fourth-order valence-electron chi connectivity index (χ4n) is 2.61. The fourth-order valence-corrected chi connectivity index (χ4v) is 2.61. The highest BCUT2D eigenvalue weighted by molar-refractivity contribution is 5.93. The molecule has 0 spiro atoms. The number of nitrogens with zero attached hydrogens (tertiary/aromatic N) is 1. The van der Waals surface area contributed by atoms with Crippen LogP contribution >= 0.6 is 0 Å². The average Bonchev–Trinajstić information content (AvgIpc) is 2.91. The van der Waals surface area contributed by atoms with Crippen LogP contribution in [0.2, 0.25) is 0 Å². The Morgan fingerprint density at radius 1 is 1.13 bits per heavy atom. The van der Waals surface area contributed by atoms with Crippen LogP contribution in [0, 0.1) is 0 Å². The second-order valence-corrected chi connectivity index (χ2v) is 5.83. The molecule has 0 amide bonds. The number of rotatable bonds is 5. The lowest BCUT2D eigenvalue weighted by Crippen LogP contribution is -2.05. The maximum atomic E-state index is 11.0. The van der Waals surface area contributed by atoms with Gasteiger partial charge in [0.15, 0.2) is 0 Å². The van der Waals surface area contributed by atoms with Crippen molar-refractivity contribution in [1.29, 1.82) is 0 Å². The van der Waals surface area contributed by atoms with Gasteiger partial charge in [0.2, 0.25) is 0 Å². The van der Waals surface area contributed by atoms with E-state index >= 15 is 0 Å². The number of carboxylic acid groups (broad SMARTS) is 1. The van der Waals surface area contributed by atoms with Crippen LogP contribution in [0.4, 0.5) is 0 Å². The van der Waals surface area contributed by atoms with Crippen LogP contribution in [-0.4, -0.2) is 21.7 Å². The monoisotopic (exact) mass is 309 g/mol. The summed E-state index contributed by atoms with van der Waals surface area (Å²) in [6.07, 6.45) is 2.15. The molecule has 0 aliphatic carbocycles. The lowest BCUT2D eigenvalue weighted by Gasteiger charge is -2.11. The highest BCUT2D eigenvalue weighted by Gasteiger charge is 2.07. The third-order valence-corrected chi connectivity index (χ3v) is 3.67. The predicted octanol–water partition coefficient (Wildman–Crippen LogP) is 4.18. The molecule has 23 heavy (non-hydrogen) atoms. The van der Waals surface area contributed by atoms with E-state index in [1.165, 1.54) is 5.56 Å². The third kappa shape index (κ3) is 3.37. The Balaban J connectivity index is 1.82. The van der Waals surface area contributed by atoms with E-state index in [1.807, 2.05) is 44.3 Å². The van der Waals surface area contributed by atoms with Gasteiger partial charge in [-0.15, -0.1) is 0 Å². The Hall–Kier alpha value is -2.75. The molecule has 3 aromatic rings. The Bertz CT molecular complexity index is 831. The van der Waals surface area contributed by atoms with E-state index in [-0.39, 0.29) is 6.10 Å². The van der Waals surface area contributed by atoms with Crippen LogP contribution in [0.25, 0.3) is 10.9 Å². The molecule has 118 valence electrons. The fraction of sp³-hybridized carbons (Fsp3) is 0.211. The van der Waals surface area contributed by atoms with Crippen molar-refractivity contribution in [2.75, 3.05) is 0 Å². The quantitative estimate of drug-likeness (QED) is 0.769. The lowest BCUT2D eigenvalue weighted by atomic mass is 10.1. The molecule has 4 nitrogen and oxygen atoms in total. The van der Waals surface area contributed by atoms with E-state index in [9.17, 15) is 4.79 Å². The topological polar surface area (TPSA) is 51.5 Å². The number of hydrogen-bond donors (Lipinski definition) is 1. The van der Waals surface area contributed by atoms with Crippen molar-refractivity contribution in [1.82, 2.24) is 4.57 Å². The van der Waals surface area contributed by atoms with E-state index in [1.54, 1.807) is 12.1 Å². The second-order valence-electron chi connectivity index (χ2n) is 5.83. The number of ether oxygens (including phenoxy) is 1. The predicted molar refractivity (Wildman–Crippen MR) is 90.2 cm³/mol. The molecule has 3 rings (SSSR count). The van der Waals surface area contributed by atoms with Crippen molar-refractivity contribution in [3.05, 3.63) is 65.9 Å². The highest BCUT2D eigenvalue weighted by Crippen LogP contribution is 2.20. The van der Waals surface area contributed by atoms with Gasteiger partial charge in [-0.2, -0.15) is 0 Å². The number of hydrogen-bond acceptors (Lipinski definition) is 2. The maximum absolute atomic E-state index is 11.0. The average molecular weight is 309 g/mol. The third-order valence-electron chi connectivity index (χ3n) is 3.67. The van der Waals surface area contributed by atoms with Gasteiger partial charge in [0.25, 0.3) is 0 Å². The Morgan fingerprint density at radius 2 is 1.87 bits per heavy atom. The summed E-state index contributed by atoms with van der Waals surface area (Å²) in [5.41, 5.74) is 2.50. The first-order valence-corrected chi connectivity index (χ1v) is 7.61. The zero-order valence-electron chi connectivity index (χ0n) is 13.2. The number of benzene rings is 2. The normalized spacial score (nSPS) is 11.1. The van der Waals surface area contributed by atoms with Crippen molar-refractivity contribution < 1.29 is 14.6 Å². The van der Waals surface area contributed by atoms with Crippen molar-refractivity contribution in [3.8, 4) is 5.75 Å². The first kappa shape index (κ1) is 15.2. The van der Waals surface area contributed by atoms with Crippen LogP contribution in [0.3, 0.4) is 0 Å². The molecule has 4 heteroatoms. The van der Waals surface area contributed by atoms with Crippen LogP contribution in [0.1, 0.15) is 29.8 Å².